The Balaban J connectivity index is 2.14. The van der Waals surface area contributed by atoms with E-state index in [1.54, 1.807) is 13.1 Å². The van der Waals surface area contributed by atoms with Crippen LogP contribution in [0.5, 0.6) is 0 Å². The second-order valence-corrected chi connectivity index (χ2v) is 6.65. The number of nitrogens with zero attached hydrogens (tertiary/aromatic N) is 2. The Hall–Kier alpha value is -0.880. The monoisotopic (exact) mass is 259 g/mol. The minimum Gasteiger partial charge on any atom is -0.312 e. The summed E-state index contributed by atoms with van der Waals surface area (Å²) < 4.78 is 24.4. The third-order valence-electron chi connectivity index (χ3n) is 2.58. The Kier molecular flexibility index (Phi) is 5.64. The van der Waals surface area contributed by atoms with Gasteiger partial charge in [-0.05, 0) is 26.0 Å². The normalized spacial score (nSPS) is 13.8. The van der Waals surface area contributed by atoms with Crippen LogP contribution < -0.4 is 5.32 Å². The quantitative estimate of drug-likeness (QED) is 0.698. The van der Waals surface area contributed by atoms with Crippen LogP contribution in [0.3, 0.4) is 0 Å². The zero-order valence-corrected chi connectivity index (χ0v) is 11.3. The van der Waals surface area contributed by atoms with Crippen molar-refractivity contribution in [2.75, 3.05) is 18.1 Å². The number of hydrogen-bond donors (Lipinski definition) is 1. The molecule has 1 heterocycles. The average molecular weight is 259 g/mol. The van der Waals surface area contributed by atoms with E-state index < -0.39 is 9.84 Å². The summed E-state index contributed by atoms with van der Waals surface area (Å²) in [6.45, 7) is 5.27. The van der Waals surface area contributed by atoms with E-state index in [2.05, 4.69) is 17.3 Å². The van der Waals surface area contributed by atoms with Crippen molar-refractivity contribution in [3.05, 3.63) is 18.5 Å². The predicted molar refractivity (Wildman–Crippen MR) is 68.6 cm³/mol. The maximum Gasteiger partial charge on any atom is 0.150 e. The van der Waals surface area contributed by atoms with E-state index in [0.717, 1.165) is 13.1 Å². The molecular formula is C11H21N3O2S. The van der Waals surface area contributed by atoms with Crippen LogP contribution in [-0.4, -0.2) is 42.3 Å². The molecule has 0 spiro atoms. The molecular weight excluding hydrogens is 238 g/mol. The summed E-state index contributed by atoms with van der Waals surface area (Å²) in [6, 6.07) is 2.18. The molecule has 1 aromatic rings. The van der Waals surface area contributed by atoms with Gasteiger partial charge in [0.1, 0.15) is 9.84 Å². The zero-order chi connectivity index (χ0) is 12.7. The lowest BCUT2D eigenvalue weighted by molar-refractivity contribution is 0.451. The van der Waals surface area contributed by atoms with Gasteiger partial charge in [-0.15, -0.1) is 0 Å². The molecule has 0 fully saturated rings. The summed E-state index contributed by atoms with van der Waals surface area (Å²) in [6.07, 6.45) is 4.33. The summed E-state index contributed by atoms with van der Waals surface area (Å²) in [5, 5.41) is 7.41. The van der Waals surface area contributed by atoms with E-state index in [1.807, 2.05) is 16.9 Å². The topological polar surface area (TPSA) is 64.0 Å². The van der Waals surface area contributed by atoms with Crippen molar-refractivity contribution in [3.63, 3.8) is 0 Å². The van der Waals surface area contributed by atoms with Crippen LogP contribution >= 0.6 is 0 Å². The van der Waals surface area contributed by atoms with Gasteiger partial charge in [0.05, 0.1) is 12.3 Å². The average Bonchev–Trinajstić information content (AvgIpc) is 2.77. The molecule has 1 N–H and O–H groups in total. The second-order valence-electron chi connectivity index (χ2n) is 4.17. The molecule has 1 atom stereocenters. The fraction of sp³-hybridized carbons (Fsp3) is 0.727. The summed E-state index contributed by atoms with van der Waals surface area (Å²) in [7, 11) is -2.82. The van der Waals surface area contributed by atoms with Crippen LogP contribution in [0.4, 0.5) is 0 Å². The minimum absolute atomic E-state index is 0.232. The van der Waals surface area contributed by atoms with Crippen molar-refractivity contribution < 1.29 is 8.42 Å². The number of sulfone groups is 1. The molecule has 0 saturated carbocycles. The van der Waals surface area contributed by atoms with E-state index >= 15 is 0 Å². The van der Waals surface area contributed by atoms with Crippen molar-refractivity contribution in [3.8, 4) is 0 Å². The first-order valence-corrected chi connectivity index (χ1v) is 7.77. The molecule has 17 heavy (non-hydrogen) atoms. The predicted octanol–water partition coefficient (Wildman–Crippen LogP) is 0.686. The van der Waals surface area contributed by atoms with Crippen LogP contribution in [0.15, 0.2) is 18.5 Å². The first-order valence-electron chi connectivity index (χ1n) is 5.94. The number of hydrogen-bond acceptors (Lipinski definition) is 4. The van der Waals surface area contributed by atoms with E-state index in [1.165, 1.54) is 0 Å². The third kappa shape index (κ3) is 5.83. The molecule has 0 aromatic carbocycles. The van der Waals surface area contributed by atoms with Crippen LogP contribution in [-0.2, 0) is 16.4 Å². The molecule has 5 nitrogen and oxygen atoms in total. The Morgan fingerprint density at radius 1 is 1.47 bits per heavy atom. The highest BCUT2D eigenvalue weighted by atomic mass is 32.2. The van der Waals surface area contributed by atoms with Gasteiger partial charge in [0, 0.05) is 24.2 Å². The van der Waals surface area contributed by atoms with Crippen molar-refractivity contribution >= 4 is 9.84 Å². The summed E-state index contributed by atoms with van der Waals surface area (Å²) in [5.41, 5.74) is 0. The first-order chi connectivity index (χ1) is 8.03. The number of nitrogens with one attached hydrogen (secondary N) is 1. The van der Waals surface area contributed by atoms with E-state index in [4.69, 9.17) is 0 Å². The molecule has 6 heteroatoms. The van der Waals surface area contributed by atoms with Gasteiger partial charge < -0.3 is 5.32 Å². The fourth-order valence-corrected chi connectivity index (χ4v) is 2.41. The summed E-state index contributed by atoms with van der Waals surface area (Å²) in [5.74, 6) is 0.501. The highest BCUT2D eigenvalue weighted by Gasteiger charge is 2.07. The molecule has 0 aliphatic carbocycles. The lowest BCUT2D eigenvalue weighted by Gasteiger charge is -2.13. The lowest BCUT2D eigenvalue weighted by atomic mass is 10.3. The molecule has 0 amide bonds. The molecule has 0 radical (unpaired) electrons. The third-order valence-corrected chi connectivity index (χ3v) is 4.38. The number of aromatic nitrogens is 2. The maximum atomic E-state index is 11.3. The molecule has 0 aliphatic heterocycles. The van der Waals surface area contributed by atoms with E-state index in [-0.39, 0.29) is 11.5 Å². The van der Waals surface area contributed by atoms with Gasteiger partial charge in [-0.1, -0.05) is 6.92 Å². The zero-order valence-electron chi connectivity index (χ0n) is 10.5. The van der Waals surface area contributed by atoms with Gasteiger partial charge in [-0.25, -0.2) is 8.42 Å². The lowest BCUT2D eigenvalue weighted by Crippen LogP contribution is -2.32. The SMILES string of the molecule is CCS(=O)(=O)CCCNC(C)Cn1cccn1. The Morgan fingerprint density at radius 2 is 2.24 bits per heavy atom. The van der Waals surface area contributed by atoms with Crippen LogP contribution in [0.25, 0.3) is 0 Å². The molecule has 1 aromatic heterocycles. The summed E-state index contributed by atoms with van der Waals surface area (Å²) >= 11 is 0. The molecule has 0 aliphatic rings. The van der Waals surface area contributed by atoms with Gasteiger partial charge in [0.2, 0.25) is 0 Å². The van der Waals surface area contributed by atoms with Crippen LogP contribution in [0.2, 0.25) is 0 Å². The minimum atomic E-state index is -2.82. The Labute approximate surface area is 103 Å². The van der Waals surface area contributed by atoms with Gasteiger partial charge in [0.25, 0.3) is 0 Å². The molecule has 98 valence electrons. The van der Waals surface area contributed by atoms with Gasteiger partial charge in [-0.2, -0.15) is 5.10 Å². The Bertz CT molecular complexity index is 400. The van der Waals surface area contributed by atoms with E-state index in [0.29, 0.717) is 12.5 Å². The molecule has 0 bridgehead atoms. The van der Waals surface area contributed by atoms with Gasteiger partial charge in [-0.3, -0.25) is 4.68 Å². The highest BCUT2D eigenvalue weighted by molar-refractivity contribution is 7.91. The standard InChI is InChI=1S/C11H21N3O2S/c1-3-17(15,16)9-5-6-12-11(2)10-14-8-4-7-13-14/h4,7-8,11-12H,3,5-6,9-10H2,1-2H3. The van der Waals surface area contributed by atoms with Crippen molar-refractivity contribution in [2.45, 2.75) is 32.9 Å². The van der Waals surface area contributed by atoms with Gasteiger partial charge in [0.15, 0.2) is 0 Å². The van der Waals surface area contributed by atoms with Crippen LogP contribution in [0, 0.1) is 0 Å². The van der Waals surface area contributed by atoms with Crippen molar-refractivity contribution in [1.29, 1.82) is 0 Å². The fourth-order valence-electron chi connectivity index (χ4n) is 1.54. The molecule has 1 unspecified atom stereocenters. The first kappa shape index (κ1) is 14.2. The number of rotatable bonds is 8. The smallest absolute Gasteiger partial charge is 0.150 e. The Morgan fingerprint density at radius 3 is 2.82 bits per heavy atom. The second kappa shape index (κ2) is 6.76. The van der Waals surface area contributed by atoms with Crippen molar-refractivity contribution in [2.24, 2.45) is 0 Å². The summed E-state index contributed by atoms with van der Waals surface area (Å²) in [4.78, 5) is 0. The van der Waals surface area contributed by atoms with Crippen molar-refractivity contribution in [1.82, 2.24) is 15.1 Å². The van der Waals surface area contributed by atoms with Gasteiger partial charge >= 0.3 is 0 Å². The maximum absolute atomic E-state index is 11.3. The van der Waals surface area contributed by atoms with E-state index in [9.17, 15) is 8.42 Å². The highest BCUT2D eigenvalue weighted by Crippen LogP contribution is 1.94. The molecule has 1 rings (SSSR count). The molecule has 0 saturated heterocycles. The van der Waals surface area contributed by atoms with Crippen LogP contribution in [0.1, 0.15) is 20.3 Å². The largest absolute Gasteiger partial charge is 0.312 e.